The van der Waals surface area contributed by atoms with Gasteiger partial charge in [-0.2, -0.15) is 4.37 Å². The molecule has 33 heavy (non-hydrogen) atoms. The Bertz CT molecular complexity index is 1390. The number of nitrogens with zero attached hydrogens (tertiary/aromatic N) is 2. The Balaban J connectivity index is 1.66. The molecular formula is C26H23N3O3S. The highest BCUT2D eigenvalue weighted by Gasteiger charge is 2.36. The van der Waals surface area contributed by atoms with Crippen LogP contribution >= 0.6 is 11.5 Å². The van der Waals surface area contributed by atoms with E-state index < -0.39 is 0 Å². The number of ether oxygens (including phenoxy) is 1. The summed E-state index contributed by atoms with van der Waals surface area (Å²) in [5.41, 5.74) is 5.35. The standard InChI is InChI=1S/C26H23N3O3S/c1-15-8-4-5-9-17(15)23-22-19(25(30)27-23)12-16(14-32-3)13-20(22)29(2)26(31)24-18-10-6-7-11-21(18)33-28-24/h4-13,23H,14H2,1-3H3,(H,27,30). The van der Waals surface area contributed by atoms with Crippen LogP contribution in [0, 0.1) is 6.92 Å². The lowest BCUT2D eigenvalue weighted by Gasteiger charge is -2.24. The number of amides is 2. The summed E-state index contributed by atoms with van der Waals surface area (Å²) >= 11 is 1.31. The van der Waals surface area contributed by atoms with Gasteiger partial charge in [-0.25, -0.2) is 0 Å². The summed E-state index contributed by atoms with van der Waals surface area (Å²) in [4.78, 5) is 28.2. The van der Waals surface area contributed by atoms with E-state index in [1.54, 1.807) is 19.1 Å². The van der Waals surface area contributed by atoms with Gasteiger partial charge in [0.25, 0.3) is 11.8 Å². The molecule has 1 aromatic heterocycles. The van der Waals surface area contributed by atoms with Crippen LogP contribution in [0.1, 0.15) is 49.1 Å². The van der Waals surface area contributed by atoms with Crippen molar-refractivity contribution in [2.24, 2.45) is 0 Å². The minimum atomic E-state index is -0.345. The molecule has 3 aromatic carbocycles. The van der Waals surface area contributed by atoms with Gasteiger partial charge in [0.05, 0.1) is 23.0 Å². The van der Waals surface area contributed by atoms with Gasteiger partial charge in [0.2, 0.25) is 0 Å². The van der Waals surface area contributed by atoms with Crippen molar-refractivity contribution in [3.8, 4) is 0 Å². The van der Waals surface area contributed by atoms with Crippen LogP contribution in [0.15, 0.2) is 60.7 Å². The molecule has 4 aromatic rings. The molecule has 166 valence electrons. The van der Waals surface area contributed by atoms with E-state index in [-0.39, 0.29) is 17.9 Å². The molecule has 5 rings (SSSR count). The zero-order chi connectivity index (χ0) is 23.1. The molecule has 0 fully saturated rings. The first kappa shape index (κ1) is 21.3. The van der Waals surface area contributed by atoms with E-state index in [0.29, 0.717) is 23.6 Å². The van der Waals surface area contributed by atoms with Crippen molar-refractivity contribution < 1.29 is 14.3 Å². The second kappa shape index (κ2) is 8.42. The van der Waals surface area contributed by atoms with E-state index in [2.05, 4.69) is 9.69 Å². The average Bonchev–Trinajstić information content (AvgIpc) is 3.40. The van der Waals surface area contributed by atoms with E-state index in [1.165, 1.54) is 11.5 Å². The topological polar surface area (TPSA) is 71.5 Å². The predicted octanol–water partition coefficient (Wildman–Crippen LogP) is 4.86. The minimum Gasteiger partial charge on any atom is -0.380 e. The molecule has 0 spiro atoms. The summed E-state index contributed by atoms with van der Waals surface area (Å²) < 4.78 is 10.7. The molecule has 6 nitrogen and oxygen atoms in total. The Hall–Kier alpha value is -3.55. The summed E-state index contributed by atoms with van der Waals surface area (Å²) in [5, 5.41) is 3.94. The maximum atomic E-state index is 13.6. The lowest BCUT2D eigenvalue weighted by Crippen LogP contribution is -2.29. The van der Waals surface area contributed by atoms with Crippen LogP contribution in [0.5, 0.6) is 0 Å². The number of carbonyl (C=O) groups is 2. The Kier molecular flexibility index (Phi) is 5.44. The van der Waals surface area contributed by atoms with Crippen LogP contribution in [0.4, 0.5) is 5.69 Å². The lowest BCUT2D eigenvalue weighted by molar-refractivity contribution is 0.0958. The fraction of sp³-hybridized carbons (Fsp3) is 0.192. The van der Waals surface area contributed by atoms with E-state index in [9.17, 15) is 9.59 Å². The monoisotopic (exact) mass is 457 g/mol. The van der Waals surface area contributed by atoms with Crippen molar-refractivity contribution in [2.75, 3.05) is 19.1 Å². The maximum Gasteiger partial charge on any atom is 0.278 e. The van der Waals surface area contributed by atoms with Crippen molar-refractivity contribution in [1.82, 2.24) is 9.69 Å². The highest BCUT2D eigenvalue weighted by atomic mass is 32.1. The Morgan fingerprint density at radius 2 is 1.91 bits per heavy atom. The molecule has 0 saturated heterocycles. The third-order valence-corrected chi connectivity index (χ3v) is 6.91. The number of hydrogen-bond donors (Lipinski definition) is 1. The molecular weight excluding hydrogens is 434 g/mol. The first-order valence-corrected chi connectivity index (χ1v) is 11.4. The van der Waals surface area contributed by atoms with Gasteiger partial charge in [-0.1, -0.05) is 42.5 Å². The molecule has 0 bridgehead atoms. The van der Waals surface area contributed by atoms with Gasteiger partial charge >= 0.3 is 0 Å². The average molecular weight is 458 g/mol. The predicted molar refractivity (Wildman–Crippen MR) is 130 cm³/mol. The largest absolute Gasteiger partial charge is 0.380 e. The third kappa shape index (κ3) is 3.59. The van der Waals surface area contributed by atoms with E-state index in [1.807, 2.05) is 67.6 Å². The number of aryl methyl sites for hydroxylation is 1. The molecule has 1 aliphatic rings. The summed E-state index contributed by atoms with van der Waals surface area (Å²) in [6.07, 6.45) is 0. The van der Waals surface area contributed by atoms with Gasteiger partial charge in [-0.15, -0.1) is 0 Å². The summed E-state index contributed by atoms with van der Waals surface area (Å²) in [6, 6.07) is 19.1. The van der Waals surface area contributed by atoms with Gasteiger partial charge in [0.15, 0.2) is 0 Å². The van der Waals surface area contributed by atoms with Crippen molar-refractivity contribution >= 4 is 39.1 Å². The molecule has 1 N–H and O–H groups in total. The number of anilines is 1. The first-order chi connectivity index (χ1) is 16.0. The van der Waals surface area contributed by atoms with Crippen molar-refractivity contribution in [3.05, 3.63) is 94.2 Å². The smallest absolute Gasteiger partial charge is 0.278 e. The molecule has 2 amide bonds. The molecule has 0 aliphatic carbocycles. The molecule has 2 heterocycles. The number of carbonyl (C=O) groups excluding carboxylic acids is 2. The molecule has 0 radical (unpaired) electrons. The highest BCUT2D eigenvalue weighted by Crippen LogP contribution is 2.40. The zero-order valence-electron chi connectivity index (χ0n) is 18.6. The molecule has 1 aliphatic heterocycles. The number of aromatic nitrogens is 1. The molecule has 1 atom stereocenters. The normalized spacial score (nSPS) is 14.9. The van der Waals surface area contributed by atoms with E-state index in [4.69, 9.17) is 4.74 Å². The second-order valence-electron chi connectivity index (χ2n) is 8.16. The van der Waals surface area contributed by atoms with Gasteiger partial charge in [0.1, 0.15) is 5.69 Å². The minimum absolute atomic E-state index is 0.155. The number of hydrogen-bond acceptors (Lipinski definition) is 5. The molecule has 1 unspecified atom stereocenters. The van der Waals surface area contributed by atoms with Gasteiger partial charge in [-0.3, -0.25) is 9.59 Å². The Morgan fingerprint density at radius 1 is 1.15 bits per heavy atom. The molecule has 0 saturated carbocycles. The van der Waals surface area contributed by atoms with Crippen molar-refractivity contribution in [3.63, 3.8) is 0 Å². The number of methoxy groups -OCH3 is 1. The SMILES string of the molecule is COCc1cc2c(c(N(C)C(=O)c3nsc4ccccc34)c1)C(c1ccccc1C)NC2=O. The lowest BCUT2D eigenvalue weighted by atomic mass is 9.92. The second-order valence-corrected chi connectivity index (χ2v) is 8.97. The maximum absolute atomic E-state index is 13.6. The quantitative estimate of drug-likeness (QED) is 0.465. The van der Waals surface area contributed by atoms with Gasteiger partial charge in [-0.05, 0) is 53.3 Å². The summed E-state index contributed by atoms with van der Waals surface area (Å²) in [7, 11) is 3.35. The zero-order valence-corrected chi connectivity index (χ0v) is 19.4. The van der Waals surface area contributed by atoms with Crippen LogP contribution in [0.25, 0.3) is 10.1 Å². The number of rotatable bonds is 5. The van der Waals surface area contributed by atoms with Crippen LogP contribution in [0.3, 0.4) is 0 Å². The van der Waals surface area contributed by atoms with Crippen LogP contribution in [-0.2, 0) is 11.3 Å². The van der Waals surface area contributed by atoms with Crippen molar-refractivity contribution in [1.29, 1.82) is 0 Å². The van der Waals surface area contributed by atoms with Gasteiger partial charge in [0, 0.05) is 30.7 Å². The summed E-state index contributed by atoms with van der Waals surface area (Å²) in [6.45, 7) is 2.36. The van der Waals surface area contributed by atoms with E-state index in [0.717, 1.165) is 32.3 Å². The van der Waals surface area contributed by atoms with Crippen LogP contribution in [0.2, 0.25) is 0 Å². The number of benzene rings is 3. The fourth-order valence-corrected chi connectivity index (χ4v) is 5.22. The molecule has 7 heteroatoms. The third-order valence-electron chi connectivity index (χ3n) is 6.08. The fourth-order valence-electron chi connectivity index (χ4n) is 4.45. The number of fused-ring (bicyclic) bond motifs is 2. The highest BCUT2D eigenvalue weighted by molar-refractivity contribution is 7.13. The first-order valence-electron chi connectivity index (χ1n) is 10.6. The Morgan fingerprint density at radius 3 is 2.70 bits per heavy atom. The van der Waals surface area contributed by atoms with E-state index >= 15 is 0 Å². The van der Waals surface area contributed by atoms with Crippen LogP contribution in [-0.4, -0.2) is 30.3 Å². The Labute approximate surface area is 196 Å². The number of nitrogens with one attached hydrogen (secondary N) is 1. The van der Waals surface area contributed by atoms with Gasteiger partial charge < -0.3 is 15.0 Å². The van der Waals surface area contributed by atoms with Crippen molar-refractivity contribution in [2.45, 2.75) is 19.6 Å². The summed E-state index contributed by atoms with van der Waals surface area (Å²) in [5.74, 6) is -0.371. The van der Waals surface area contributed by atoms with Crippen LogP contribution < -0.4 is 10.2 Å².